The van der Waals surface area contributed by atoms with E-state index in [1.807, 2.05) is 24.3 Å². The third-order valence-corrected chi connectivity index (χ3v) is 12.3. The normalized spacial score (nSPS) is 15.1. The molecule has 23 heteroatoms. The molecule has 2 aliphatic heterocycles. The van der Waals surface area contributed by atoms with Crippen molar-refractivity contribution in [3.05, 3.63) is 95.3 Å². The maximum absolute atomic E-state index is 13.3. The van der Waals surface area contributed by atoms with Gasteiger partial charge in [0, 0.05) is 60.3 Å². The van der Waals surface area contributed by atoms with E-state index < -0.39 is 57.0 Å². The quantitative estimate of drug-likeness (QED) is 0.0553. The molecule has 0 saturated carbocycles. The van der Waals surface area contributed by atoms with Crippen LogP contribution in [-0.2, 0) is 44.2 Å². The number of imide groups is 2. The van der Waals surface area contributed by atoms with Crippen molar-refractivity contribution in [3.63, 3.8) is 0 Å². The summed E-state index contributed by atoms with van der Waals surface area (Å²) in [5.74, 6) is -3.69. The second-order valence-corrected chi connectivity index (χ2v) is 18.4. The highest BCUT2D eigenvalue weighted by atomic mass is 32.2. The Balaban J connectivity index is 0.803. The monoisotopic (exact) mass is 942 g/mol. The van der Waals surface area contributed by atoms with Gasteiger partial charge in [-0.05, 0) is 50.6 Å². The van der Waals surface area contributed by atoms with Gasteiger partial charge in [0.25, 0.3) is 17.7 Å². The van der Waals surface area contributed by atoms with Crippen LogP contribution in [0, 0.1) is 0 Å². The van der Waals surface area contributed by atoms with Crippen LogP contribution in [0.5, 0.6) is 0 Å². The Hall–Kier alpha value is -7.08. The molecule has 7 amide bonds. The van der Waals surface area contributed by atoms with Crippen LogP contribution in [0.15, 0.2) is 78.6 Å². The first-order valence-corrected chi connectivity index (χ1v) is 23.4. The molecule has 5 heterocycles. The summed E-state index contributed by atoms with van der Waals surface area (Å²) in [6, 6.07) is 14.4. The van der Waals surface area contributed by atoms with Gasteiger partial charge in [0.1, 0.15) is 11.6 Å². The number of benzene rings is 2. The lowest BCUT2D eigenvalue weighted by atomic mass is 10.0. The van der Waals surface area contributed by atoms with Gasteiger partial charge in [0.15, 0.2) is 5.13 Å². The lowest BCUT2D eigenvalue weighted by molar-refractivity contribution is -0.136. The Morgan fingerprint density at radius 2 is 1.62 bits per heavy atom. The van der Waals surface area contributed by atoms with Gasteiger partial charge in [-0.15, -0.1) is 11.3 Å². The number of hydrogen-bond acceptors (Lipinski definition) is 15. The van der Waals surface area contributed by atoms with Crippen LogP contribution in [-0.4, -0.2) is 132 Å². The number of carbonyl (C=O) groups excluding carboxylic acids is 7. The van der Waals surface area contributed by atoms with E-state index >= 15 is 0 Å². The summed E-state index contributed by atoms with van der Waals surface area (Å²) in [5.41, 5.74) is 2.57. The Labute approximate surface area is 382 Å². The zero-order valence-electron chi connectivity index (χ0n) is 36.0. The van der Waals surface area contributed by atoms with Crippen molar-refractivity contribution >= 4 is 73.5 Å². The molecule has 3 aromatic heterocycles. The third-order valence-electron chi connectivity index (χ3n) is 10.6. The summed E-state index contributed by atoms with van der Waals surface area (Å²) in [7, 11) is -3.55. The number of amides is 7. The van der Waals surface area contributed by atoms with E-state index in [4.69, 9.17) is 14.6 Å². The van der Waals surface area contributed by atoms with Gasteiger partial charge in [-0.25, -0.2) is 13.4 Å². The van der Waals surface area contributed by atoms with Crippen LogP contribution >= 0.6 is 11.3 Å². The van der Waals surface area contributed by atoms with Crippen molar-refractivity contribution in [2.24, 2.45) is 0 Å². The van der Waals surface area contributed by atoms with Crippen molar-refractivity contribution in [2.75, 3.05) is 63.0 Å². The number of ether oxygens (including phenoxy) is 2. The minimum absolute atomic E-state index is 0.0353. The zero-order chi connectivity index (χ0) is 47.2. The van der Waals surface area contributed by atoms with Crippen molar-refractivity contribution in [3.8, 4) is 22.5 Å². The molecule has 1 unspecified atom stereocenters. The number of hydrogen-bond donors (Lipinski definition) is 5. The molecule has 1 atom stereocenters. The Morgan fingerprint density at radius 3 is 2.35 bits per heavy atom. The highest BCUT2D eigenvalue weighted by Gasteiger charge is 2.45. The second kappa shape index (κ2) is 20.0. The fourth-order valence-corrected chi connectivity index (χ4v) is 8.36. The Kier molecular flexibility index (Phi) is 14.2. The van der Waals surface area contributed by atoms with Crippen LogP contribution in [0.25, 0.3) is 22.5 Å². The molecule has 0 radical (unpaired) electrons. The summed E-state index contributed by atoms with van der Waals surface area (Å²) >= 11 is 1.20. The van der Waals surface area contributed by atoms with E-state index in [9.17, 15) is 42.0 Å². The zero-order valence-corrected chi connectivity index (χ0v) is 37.6. The number of thiazole rings is 1. The maximum Gasteiger partial charge on any atom is 0.264 e. The summed E-state index contributed by atoms with van der Waals surface area (Å²) in [6.45, 7) is 4.73. The number of fused-ring (bicyclic) bond motifs is 1. The van der Waals surface area contributed by atoms with Crippen LogP contribution in [0.4, 0.5) is 10.8 Å². The standard InChI is InChI=1S/C43H46N10O11S2/c1-43(2,41(60)45-15-19-64-21-20-63-18-14-44-31-9-5-8-29-36(31)40(59)53(39(29)58)33-10-11-34(54)48-38(33)57)52-17-13-30(50-52)26-6-4-7-27(22-26)32-25-65-42(47-32)49-35(55)23-46-37(56)28-12-16-51(24-28)66(3,61)62/h4-9,12-13,16-17,22,24-25,33,44H,10-11,14-15,18-21,23H2,1-3H3,(H,45,60)(H,46,56)(H,47,49,55)(H,48,54,57). The molecule has 0 spiro atoms. The van der Waals surface area contributed by atoms with Crippen LogP contribution in [0.1, 0.15) is 57.8 Å². The predicted molar refractivity (Wildman–Crippen MR) is 240 cm³/mol. The number of nitrogens with one attached hydrogen (secondary N) is 5. The molecular weight excluding hydrogens is 897 g/mol. The number of carbonyl (C=O) groups is 7. The summed E-state index contributed by atoms with van der Waals surface area (Å²) < 4.78 is 37.1. The van der Waals surface area contributed by atoms with Gasteiger partial charge >= 0.3 is 0 Å². The van der Waals surface area contributed by atoms with E-state index in [2.05, 4.69) is 31.6 Å². The van der Waals surface area contributed by atoms with E-state index in [0.29, 0.717) is 28.8 Å². The van der Waals surface area contributed by atoms with Gasteiger partial charge in [0.2, 0.25) is 33.7 Å². The summed E-state index contributed by atoms with van der Waals surface area (Å²) in [6.07, 6.45) is 5.24. The number of nitrogens with zero attached hydrogens (tertiary/aromatic N) is 5. The van der Waals surface area contributed by atoms with Crippen molar-refractivity contribution < 1.29 is 51.5 Å². The average Bonchev–Trinajstić information content (AvgIpc) is 4.12. The molecule has 0 aliphatic carbocycles. The number of rotatable bonds is 20. The molecule has 1 saturated heterocycles. The lowest BCUT2D eigenvalue weighted by Gasteiger charge is -2.27. The molecule has 1 fully saturated rings. The highest BCUT2D eigenvalue weighted by Crippen LogP contribution is 2.33. The first kappa shape index (κ1) is 46.9. The molecule has 7 rings (SSSR count). The van der Waals surface area contributed by atoms with Gasteiger partial charge in [0.05, 0.1) is 67.3 Å². The van der Waals surface area contributed by atoms with Crippen molar-refractivity contribution in [1.29, 1.82) is 0 Å². The van der Waals surface area contributed by atoms with Gasteiger partial charge in [-0.1, -0.05) is 24.3 Å². The van der Waals surface area contributed by atoms with E-state index in [-0.39, 0.29) is 75.0 Å². The molecule has 5 N–H and O–H groups in total. The number of anilines is 2. The topological polar surface area (TPSA) is 271 Å². The first-order chi connectivity index (χ1) is 31.5. The SMILES string of the molecule is CC(C)(C(=O)NCCOCCOCCNc1cccc2c1C(=O)N(C1CCC(=O)NC1=O)C2=O)n1ccc(-c2cccc(-c3csc(NC(=O)CNC(=O)c4ccn(S(C)(=O)=O)c4)n3)c2)n1. The summed E-state index contributed by atoms with van der Waals surface area (Å²) in [4.78, 5) is 93.9. The van der Waals surface area contributed by atoms with Gasteiger partial charge < -0.3 is 30.7 Å². The molecule has 66 heavy (non-hydrogen) atoms. The lowest BCUT2D eigenvalue weighted by Crippen LogP contribution is -2.54. The summed E-state index contributed by atoms with van der Waals surface area (Å²) in [5, 5.41) is 20.1. The van der Waals surface area contributed by atoms with E-state index in [1.165, 1.54) is 29.7 Å². The average molecular weight is 943 g/mol. The predicted octanol–water partition coefficient (Wildman–Crippen LogP) is 2.05. The highest BCUT2D eigenvalue weighted by molar-refractivity contribution is 7.89. The number of piperidine rings is 1. The van der Waals surface area contributed by atoms with Crippen molar-refractivity contribution in [1.82, 2.24) is 39.6 Å². The fraction of sp³-hybridized carbons (Fsp3) is 0.326. The molecule has 2 aliphatic rings. The van der Waals surface area contributed by atoms with E-state index in [1.54, 1.807) is 48.3 Å². The smallest absolute Gasteiger partial charge is 0.264 e. The number of aromatic nitrogens is 4. The second-order valence-electron chi connectivity index (χ2n) is 15.6. The third kappa shape index (κ3) is 10.7. The Morgan fingerprint density at radius 1 is 0.894 bits per heavy atom. The molecule has 21 nitrogen and oxygen atoms in total. The Bertz CT molecular complexity index is 2810. The molecule has 2 aromatic carbocycles. The molecule has 0 bridgehead atoms. The minimum Gasteiger partial charge on any atom is -0.382 e. The van der Waals surface area contributed by atoms with Crippen molar-refractivity contribution in [2.45, 2.75) is 38.3 Å². The van der Waals surface area contributed by atoms with Gasteiger partial charge in [-0.2, -0.15) is 5.10 Å². The maximum atomic E-state index is 13.3. The van der Waals surface area contributed by atoms with E-state index in [0.717, 1.165) is 32.5 Å². The molecular formula is C43H46N10O11S2. The van der Waals surface area contributed by atoms with Crippen LogP contribution in [0.3, 0.4) is 0 Å². The van der Waals surface area contributed by atoms with Crippen LogP contribution in [0.2, 0.25) is 0 Å². The first-order valence-electron chi connectivity index (χ1n) is 20.6. The molecule has 346 valence electrons. The minimum atomic E-state index is -3.55. The largest absolute Gasteiger partial charge is 0.382 e. The van der Waals surface area contributed by atoms with Crippen LogP contribution < -0.4 is 26.6 Å². The fourth-order valence-electron chi connectivity index (χ4n) is 7.03. The van der Waals surface area contributed by atoms with Gasteiger partial charge in [-0.3, -0.25) is 52.4 Å². The molecule has 5 aromatic rings.